The molecule has 0 spiro atoms. The largest absolute Gasteiger partial charge is 0.376 e. The molecule has 0 fully saturated rings. The number of nitrogens with one attached hydrogen (secondary N) is 1. The molecule has 0 saturated heterocycles. The lowest BCUT2D eigenvalue weighted by molar-refractivity contribution is 0.619. The molecular weight excluding hydrogens is 244 g/mol. The molecule has 0 aliphatic heterocycles. The number of aryl methyl sites for hydroxylation is 1. The molecule has 1 nitrogen and oxygen atoms in total. The van der Waals surface area contributed by atoms with Crippen molar-refractivity contribution in [1.29, 1.82) is 0 Å². The van der Waals surface area contributed by atoms with E-state index in [0.717, 1.165) is 17.5 Å². The smallest absolute Gasteiger partial charge is 0.146 e. The van der Waals surface area contributed by atoms with Crippen molar-refractivity contribution in [2.24, 2.45) is 0 Å². The van der Waals surface area contributed by atoms with Crippen LogP contribution in [0.15, 0.2) is 42.5 Å². The summed E-state index contributed by atoms with van der Waals surface area (Å²) in [6.07, 6.45) is 0.791. The second-order valence-electron chi connectivity index (χ2n) is 4.64. The predicted octanol–water partition coefficient (Wildman–Crippen LogP) is 4.84. The van der Waals surface area contributed by atoms with Gasteiger partial charge in [-0.25, -0.2) is 8.78 Å². The van der Waals surface area contributed by atoms with Crippen LogP contribution < -0.4 is 5.32 Å². The van der Waals surface area contributed by atoms with E-state index < -0.39 is 0 Å². The molecule has 100 valence electrons. The van der Waals surface area contributed by atoms with Gasteiger partial charge < -0.3 is 5.32 Å². The third-order valence-electron chi connectivity index (χ3n) is 3.13. The Hall–Kier alpha value is -1.90. The Balaban J connectivity index is 2.23. The van der Waals surface area contributed by atoms with E-state index in [0.29, 0.717) is 5.69 Å². The van der Waals surface area contributed by atoms with Crippen LogP contribution in [0.2, 0.25) is 0 Å². The number of halogens is 2. The molecule has 0 saturated carbocycles. The minimum absolute atomic E-state index is 0.0306. The molecule has 0 aliphatic rings. The van der Waals surface area contributed by atoms with Gasteiger partial charge in [-0.1, -0.05) is 25.1 Å². The van der Waals surface area contributed by atoms with Crippen LogP contribution in [0.5, 0.6) is 0 Å². The third-order valence-corrected chi connectivity index (χ3v) is 3.13. The number of hydrogen-bond donors (Lipinski definition) is 1. The third kappa shape index (κ3) is 3.31. The van der Waals surface area contributed by atoms with Gasteiger partial charge in [-0.2, -0.15) is 0 Å². The Morgan fingerprint density at radius 2 is 1.74 bits per heavy atom. The summed E-state index contributed by atoms with van der Waals surface area (Å²) in [5, 5.41) is 3.18. The quantitative estimate of drug-likeness (QED) is 0.830. The summed E-state index contributed by atoms with van der Waals surface area (Å²) in [4.78, 5) is 0. The van der Waals surface area contributed by atoms with Crippen LogP contribution in [0, 0.1) is 18.6 Å². The fourth-order valence-corrected chi connectivity index (χ4v) is 2.05. The standard InChI is InChI=1S/C16H17F2N/c1-3-15(12-5-7-13(17)8-6-12)19-16-10-11(2)4-9-14(16)18/h4-10,15,19H,3H2,1-2H3. The van der Waals surface area contributed by atoms with Crippen LogP contribution >= 0.6 is 0 Å². The van der Waals surface area contributed by atoms with Gasteiger partial charge in [0.1, 0.15) is 11.6 Å². The first-order chi connectivity index (χ1) is 9.10. The lowest BCUT2D eigenvalue weighted by Gasteiger charge is -2.19. The fourth-order valence-electron chi connectivity index (χ4n) is 2.05. The van der Waals surface area contributed by atoms with Gasteiger partial charge in [0.15, 0.2) is 0 Å². The molecule has 19 heavy (non-hydrogen) atoms. The van der Waals surface area contributed by atoms with Gasteiger partial charge >= 0.3 is 0 Å². The molecule has 3 heteroatoms. The SMILES string of the molecule is CCC(Nc1cc(C)ccc1F)c1ccc(F)cc1. The van der Waals surface area contributed by atoms with Crippen LogP contribution in [-0.4, -0.2) is 0 Å². The molecule has 0 amide bonds. The summed E-state index contributed by atoms with van der Waals surface area (Å²) in [7, 11) is 0. The molecule has 0 heterocycles. The van der Waals surface area contributed by atoms with E-state index in [1.807, 2.05) is 13.8 Å². The van der Waals surface area contributed by atoms with Crippen molar-refractivity contribution in [2.45, 2.75) is 26.3 Å². The highest BCUT2D eigenvalue weighted by Gasteiger charge is 2.11. The lowest BCUT2D eigenvalue weighted by atomic mass is 10.0. The summed E-state index contributed by atoms with van der Waals surface area (Å²) in [6, 6.07) is 11.2. The molecule has 0 aromatic heterocycles. The monoisotopic (exact) mass is 261 g/mol. The van der Waals surface area contributed by atoms with Crippen molar-refractivity contribution in [3.8, 4) is 0 Å². The average Bonchev–Trinajstić information content (AvgIpc) is 2.41. The van der Waals surface area contributed by atoms with Crippen molar-refractivity contribution in [3.05, 3.63) is 65.2 Å². The van der Waals surface area contributed by atoms with Crippen molar-refractivity contribution in [2.75, 3.05) is 5.32 Å². The summed E-state index contributed by atoms with van der Waals surface area (Å²) < 4.78 is 26.6. The minimum Gasteiger partial charge on any atom is -0.376 e. The second-order valence-corrected chi connectivity index (χ2v) is 4.64. The van der Waals surface area contributed by atoms with Gasteiger partial charge in [0.05, 0.1) is 11.7 Å². The van der Waals surface area contributed by atoms with Gasteiger partial charge in [-0.15, -0.1) is 0 Å². The van der Waals surface area contributed by atoms with Crippen molar-refractivity contribution < 1.29 is 8.78 Å². The van der Waals surface area contributed by atoms with Gasteiger partial charge in [-0.05, 0) is 48.7 Å². The topological polar surface area (TPSA) is 12.0 Å². The first-order valence-corrected chi connectivity index (χ1v) is 6.38. The molecule has 2 aromatic rings. The van der Waals surface area contributed by atoms with E-state index in [4.69, 9.17) is 0 Å². The molecule has 0 bridgehead atoms. The maximum Gasteiger partial charge on any atom is 0.146 e. The van der Waals surface area contributed by atoms with Crippen LogP contribution in [-0.2, 0) is 0 Å². The van der Waals surface area contributed by atoms with E-state index in [1.54, 1.807) is 24.3 Å². The van der Waals surface area contributed by atoms with Gasteiger partial charge in [0.2, 0.25) is 0 Å². The Labute approximate surface area is 112 Å². The Morgan fingerprint density at radius 3 is 2.37 bits per heavy atom. The Morgan fingerprint density at radius 1 is 1.05 bits per heavy atom. The summed E-state index contributed by atoms with van der Waals surface area (Å²) in [5.41, 5.74) is 2.43. The van der Waals surface area contributed by atoms with Gasteiger partial charge in [-0.3, -0.25) is 0 Å². The summed E-state index contributed by atoms with van der Waals surface area (Å²) >= 11 is 0. The zero-order valence-electron chi connectivity index (χ0n) is 11.1. The molecule has 2 aromatic carbocycles. The van der Waals surface area contributed by atoms with E-state index in [1.165, 1.54) is 18.2 Å². The Bertz CT molecular complexity index is 549. The lowest BCUT2D eigenvalue weighted by Crippen LogP contribution is -2.11. The maximum atomic E-state index is 13.7. The minimum atomic E-state index is -0.272. The van der Waals surface area contributed by atoms with Crippen molar-refractivity contribution >= 4 is 5.69 Å². The molecule has 0 radical (unpaired) electrons. The predicted molar refractivity (Wildman–Crippen MR) is 74.2 cm³/mol. The first kappa shape index (κ1) is 13.5. The number of benzene rings is 2. The van der Waals surface area contributed by atoms with Crippen LogP contribution in [0.4, 0.5) is 14.5 Å². The number of anilines is 1. The van der Waals surface area contributed by atoms with E-state index in [2.05, 4.69) is 5.32 Å². The van der Waals surface area contributed by atoms with E-state index in [-0.39, 0.29) is 17.7 Å². The van der Waals surface area contributed by atoms with Crippen molar-refractivity contribution in [3.63, 3.8) is 0 Å². The van der Waals surface area contributed by atoms with E-state index in [9.17, 15) is 8.78 Å². The molecular formula is C16H17F2N. The maximum absolute atomic E-state index is 13.7. The highest BCUT2D eigenvalue weighted by atomic mass is 19.1. The molecule has 2 rings (SSSR count). The van der Waals surface area contributed by atoms with E-state index >= 15 is 0 Å². The van der Waals surface area contributed by atoms with Gasteiger partial charge in [0.25, 0.3) is 0 Å². The molecule has 1 N–H and O–H groups in total. The summed E-state index contributed by atoms with van der Waals surface area (Å²) in [6.45, 7) is 3.93. The second kappa shape index (κ2) is 5.83. The fraction of sp³-hybridized carbons (Fsp3) is 0.250. The highest BCUT2D eigenvalue weighted by Crippen LogP contribution is 2.25. The highest BCUT2D eigenvalue weighted by molar-refractivity contribution is 5.49. The average molecular weight is 261 g/mol. The first-order valence-electron chi connectivity index (χ1n) is 6.38. The number of hydrogen-bond acceptors (Lipinski definition) is 1. The van der Waals surface area contributed by atoms with Crippen molar-refractivity contribution in [1.82, 2.24) is 0 Å². The molecule has 1 atom stereocenters. The van der Waals surface area contributed by atoms with Gasteiger partial charge in [0, 0.05) is 0 Å². The zero-order valence-corrected chi connectivity index (χ0v) is 11.1. The van der Waals surface area contributed by atoms with Crippen LogP contribution in [0.25, 0.3) is 0 Å². The molecule has 1 unspecified atom stereocenters. The van der Waals surface area contributed by atoms with Crippen LogP contribution in [0.3, 0.4) is 0 Å². The van der Waals surface area contributed by atoms with Crippen LogP contribution in [0.1, 0.15) is 30.5 Å². The number of rotatable bonds is 4. The normalized spacial score (nSPS) is 12.2. The molecule has 0 aliphatic carbocycles. The Kier molecular flexibility index (Phi) is 4.15. The zero-order chi connectivity index (χ0) is 13.8. The summed E-state index contributed by atoms with van der Waals surface area (Å²) in [5.74, 6) is -0.536.